The Bertz CT molecular complexity index is 965. The molecule has 1 unspecified atom stereocenters. The van der Waals surface area contributed by atoms with Gasteiger partial charge in [-0.1, -0.05) is 6.42 Å². The standard InChI is InChI=1S/C21H27F3N6O2/c22-21(23,24)15-9-26-20(27-18(15)25)28-19-17(32-10-12-3-1-4-12)16(13-7-8-31-11-13)29-30(19)14-5-2-6-14/h9,12-14H,1-8,10-11H2,(H3,25,26,27,28). The molecule has 3 fully saturated rings. The zero-order chi connectivity index (χ0) is 22.3. The van der Waals surface area contributed by atoms with Crippen molar-refractivity contribution in [3.63, 3.8) is 0 Å². The van der Waals surface area contributed by atoms with Gasteiger partial charge in [-0.15, -0.1) is 0 Å². The van der Waals surface area contributed by atoms with Crippen LogP contribution in [0.15, 0.2) is 6.20 Å². The number of nitrogens with one attached hydrogen (secondary N) is 1. The van der Waals surface area contributed by atoms with Crippen LogP contribution in [0.4, 0.5) is 30.8 Å². The quantitative estimate of drug-likeness (QED) is 0.641. The number of anilines is 3. The van der Waals surface area contributed by atoms with Crippen molar-refractivity contribution in [1.82, 2.24) is 19.7 Å². The Morgan fingerprint density at radius 2 is 1.97 bits per heavy atom. The SMILES string of the molecule is Nc1nc(Nc2c(OCC3CCC3)c(C3CCOC3)nn2C2CCC2)ncc1C(F)(F)F. The van der Waals surface area contributed by atoms with Gasteiger partial charge in [0.15, 0.2) is 11.6 Å². The number of hydrogen-bond donors (Lipinski definition) is 2. The van der Waals surface area contributed by atoms with E-state index in [0.717, 1.165) is 44.2 Å². The van der Waals surface area contributed by atoms with E-state index in [0.29, 0.717) is 43.5 Å². The average molecular weight is 452 g/mol. The van der Waals surface area contributed by atoms with Gasteiger partial charge in [-0.3, -0.25) is 0 Å². The van der Waals surface area contributed by atoms with E-state index >= 15 is 0 Å². The topological polar surface area (TPSA) is 100 Å². The number of ether oxygens (including phenoxy) is 2. The van der Waals surface area contributed by atoms with Crippen molar-refractivity contribution in [1.29, 1.82) is 0 Å². The Morgan fingerprint density at radius 3 is 2.53 bits per heavy atom. The molecule has 3 heterocycles. The molecule has 1 saturated heterocycles. The summed E-state index contributed by atoms with van der Waals surface area (Å²) in [6.07, 6.45) is 3.50. The first kappa shape index (κ1) is 21.3. The normalized spacial score (nSPS) is 21.9. The fourth-order valence-corrected chi connectivity index (χ4v) is 4.25. The molecule has 2 aromatic rings. The summed E-state index contributed by atoms with van der Waals surface area (Å²) in [5, 5.41) is 7.97. The number of nitrogens with zero attached hydrogens (tertiary/aromatic N) is 4. The van der Waals surface area contributed by atoms with Crippen LogP contribution in [0.25, 0.3) is 0 Å². The van der Waals surface area contributed by atoms with Gasteiger partial charge in [0, 0.05) is 18.7 Å². The molecule has 11 heteroatoms. The molecular weight excluding hydrogens is 425 g/mol. The lowest BCUT2D eigenvalue weighted by molar-refractivity contribution is -0.137. The largest absolute Gasteiger partial charge is 0.488 e. The van der Waals surface area contributed by atoms with Gasteiger partial charge in [0.2, 0.25) is 5.95 Å². The van der Waals surface area contributed by atoms with E-state index < -0.39 is 17.6 Å². The molecule has 3 N–H and O–H groups in total. The lowest BCUT2D eigenvalue weighted by Gasteiger charge is -2.28. The molecule has 5 rings (SSSR count). The van der Waals surface area contributed by atoms with Crippen LogP contribution in [0.1, 0.15) is 68.2 Å². The van der Waals surface area contributed by atoms with Crippen molar-refractivity contribution in [2.24, 2.45) is 5.92 Å². The second-order valence-electron chi connectivity index (χ2n) is 8.88. The molecule has 0 spiro atoms. The Labute approximate surface area is 183 Å². The van der Waals surface area contributed by atoms with Crippen molar-refractivity contribution in [3.05, 3.63) is 17.5 Å². The van der Waals surface area contributed by atoms with E-state index in [1.807, 2.05) is 4.68 Å². The Kier molecular flexibility index (Phi) is 5.60. The Hall–Kier alpha value is -2.56. The summed E-state index contributed by atoms with van der Waals surface area (Å²) in [5.74, 6) is 1.20. The second kappa shape index (κ2) is 8.42. The zero-order valence-electron chi connectivity index (χ0n) is 17.7. The highest BCUT2D eigenvalue weighted by Crippen LogP contribution is 2.44. The summed E-state index contributed by atoms with van der Waals surface area (Å²) in [5.41, 5.74) is 5.36. The number of nitrogens with two attached hydrogens (primary N) is 1. The van der Waals surface area contributed by atoms with Gasteiger partial charge in [0.05, 0.1) is 19.3 Å². The third kappa shape index (κ3) is 4.10. The van der Waals surface area contributed by atoms with Crippen LogP contribution in [0.2, 0.25) is 0 Å². The third-order valence-corrected chi connectivity index (χ3v) is 6.67. The lowest BCUT2D eigenvalue weighted by Crippen LogP contribution is -2.21. The summed E-state index contributed by atoms with van der Waals surface area (Å²) in [6, 6.07) is 0.200. The maximum atomic E-state index is 13.1. The number of alkyl halides is 3. The van der Waals surface area contributed by atoms with Crippen LogP contribution < -0.4 is 15.8 Å². The van der Waals surface area contributed by atoms with Crippen molar-refractivity contribution in [3.8, 4) is 5.75 Å². The van der Waals surface area contributed by atoms with E-state index in [1.54, 1.807) is 0 Å². The third-order valence-electron chi connectivity index (χ3n) is 6.67. The van der Waals surface area contributed by atoms with Gasteiger partial charge in [-0.25, -0.2) is 9.67 Å². The molecule has 2 saturated carbocycles. The highest BCUT2D eigenvalue weighted by molar-refractivity contribution is 5.62. The zero-order valence-corrected chi connectivity index (χ0v) is 17.7. The predicted octanol–water partition coefficient (Wildman–Crippen LogP) is 4.43. The summed E-state index contributed by atoms with van der Waals surface area (Å²) < 4.78 is 52.9. The molecule has 1 atom stereocenters. The minimum Gasteiger partial charge on any atom is -0.488 e. The van der Waals surface area contributed by atoms with Crippen LogP contribution in [-0.4, -0.2) is 39.6 Å². The first-order valence-electron chi connectivity index (χ1n) is 11.2. The number of hydrogen-bond acceptors (Lipinski definition) is 7. The van der Waals surface area contributed by atoms with Gasteiger partial charge in [0.1, 0.15) is 17.1 Å². The van der Waals surface area contributed by atoms with E-state index in [2.05, 4.69) is 15.3 Å². The molecule has 0 bridgehead atoms. The van der Waals surface area contributed by atoms with Crippen LogP contribution >= 0.6 is 0 Å². The molecule has 174 valence electrons. The number of nitrogen functional groups attached to an aromatic ring is 1. The molecule has 2 aliphatic carbocycles. The number of rotatable bonds is 7. The first-order chi connectivity index (χ1) is 15.4. The molecule has 3 aliphatic rings. The highest BCUT2D eigenvalue weighted by atomic mass is 19.4. The van der Waals surface area contributed by atoms with Crippen molar-refractivity contribution >= 4 is 17.6 Å². The van der Waals surface area contributed by atoms with Crippen LogP contribution in [0, 0.1) is 5.92 Å². The van der Waals surface area contributed by atoms with Crippen LogP contribution in [0.3, 0.4) is 0 Å². The summed E-state index contributed by atoms with van der Waals surface area (Å²) in [7, 11) is 0. The molecule has 1 aliphatic heterocycles. The molecule has 0 radical (unpaired) electrons. The molecular formula is C21H27F3N6O2. The first-order valence-corrected chi connectivity index (χ1v) is 11.2. The van der Waals surface area contributed by atoms with Crippen molar-refractivity contribution in [2.45, 2.75) is 63.1 Å². The molecule has 8 nitrogen and oxygen atoms in total. The number of halogens is 3. The van der Waals surface area contributed by atoms with Crippen LogP contribution in [-0.2, 0) is 10.9 Å². The monoisotopic (exact) mass is 452 g/mol. The second-order valence-corrected chi connectivity index (χ2v) is 8.88. The maximum absolute atomic E-state index is 13.1. The Morgan fingerprint density at radius 1 is 1.19 bits per heavy atom. The summed E-state index contributed by atoms with van der Waals surface area (Å²) in [6.45, 7) is 1.83. The minimum atomic E-state index is -4.61. The lowest BCUT2D eigenvalue weighted by atomic mass is 9.86. The van der Waals surface area contributed by atoms with Crippen molar-refractivity contribution in [2.75, 3.05) is 30.9 Å². The van der Waals surface area contributed by atoms with E-state index in [9.17, 15) is 13.2 Å². The highest BCUT2D eigenvalue weighted by Gasteiger charge is 2.36. The van der Waals surface area contributed by atoms with Gasteiger partial charge in [-0.05, 0) is 44.4 Å². The van der Waals surface area contributed by atoms with E-state index in [1.165, 1.54) is 6.42 Å². The van der Waals surface area contributed by atoms with Crippen molar-refractivity contribution < 1.29 is 22.6 Å². The minimum absolute atomic E-state index is 0.0151. The fraction of sp³-hybridized carbons (Fsp3) is 0.667. The number of aromatic nitrogens is 4. The fourth-order valence-electron chi connectivity index (χ4n) is 4.25. The van der Waals surface area contributed by atoms with Gasteiger partial charge in [-0.2, -0.15) is 23.3 Å². The maximum Gasteiger partial charge on any atom is 0.421 e. The van der Waals surface area contributed by atoms with Gasteiger partial charge < -0.3 is 20.5 Å². The summed E-state index contributed by atoms with van der Waals surface area (Å²) >= 11 is 0. The molecule has 2 aromatic heterocycles. The van der Waals surface area contributed by atoms with E-state index in [4.69, 9.17) is 20.3 Å². The molecule has 0 amide bonds. The predicted molar refractivity (Wildman–Crippen MR) is 111 cm³/mol. The van der Waals surface area contributed by atoms with E-state index in [-0.39, 0.29) is 17.9 Å². The van der Waals surface area contributed by atoms with Gasteiger partial charge in [0.25, 0.3) is 0 Å². The van der Waals surface area contributed by atoms with Gasteiger partial charge >= 0.3 is 6.18 Å². The Balaban J connectivity index is 1.50. The smallest absolute Gasteiger partial charge is 0.421 e. The molecule has 32 heavy (non-hydrogen) atoms. The average Bonchev–Trinajstić information content (AvgIpc) is 3.28. The summed E-state index contributed by atoms with van der Waals surface area (Å²) in [4.78, 5) is 7.74. The van der Waals surface area contributed by atoms with Crippen LogP contribution in [0.5, 0.6) is 5.75 Å². The molecule has 0 aromatic carbocycles.